The summed E-state index contributed by atoms with van der Waals surface area (Å²) in [5.41, 5.74) is 7.54. The van der Waals surface area contributed by atoms with E-state index in [1.807, 2.05) is 18.2 Å². The average Bonchev–Trinajstić information content (AvgIpc) is 2.78. The fourth-order valence-electron chi connectivity index (χ4n) is 3.46. The van der Waals surface area contributed by atoms with Gasteiger partial charge in [0.25, 0.3) is 5.91 Å². The van der Waals surface area contributed by atoms with E-state index in [4.69, 9.17) is 15.5 Å². The maximum Gasteiger partial charge on any atom is 0.255 e. The Kier molecular flexibility index (Phi) is 9.19. The van der Waals surface area contributed by atoms with Gasteiger partial charge < -0.3 is 21.1 Å². The summed E-state index contributed by atoms with van der Waals surface area (Å²) in [5, 5.41) is 6.86. The zero-order valence-corrected chi connectivity index (χ0v) is 18.3. The number of guanidine groups is 1. The van der Waals surface area contributed by atoms with E-state index in [0.717, 1.165) is 37.5 Å². The molecule has 6 heteroatoms. The van der Waals surface area contributed by atoms with Gasteiger partial charge in [-0.25, -0.2) is 4.99 Å². The van der Waals surface area contributed by atoms with Crippen LogP contribution in [0.15, 0.2) is 59.6 Å². The average molecular weight is 411 g/mol. The molecule has 30 heavy (non-hydrogen) atoms. The quantitative estimate of drug-likeness (QED) is 0.391. The third kappa shape index (κ3) is 6.79. The molecule has 0 unspecified atom stereocenters. The number of nitrogens with one attached hydrogen (secondary N) is 2. The van der Waals surface area contributed by atoms with Crippen LogP contribution in [0.4, 0.5) is 0 Å². The Morgan fingerprint density at radius 2 is 1.77 bits per heavy atom. The Morgan fingerprint density at radius 1 is 1.03 bits per heavy atom. The van der Waals surface area contributed by atoms with Crippen LogP contribution < -0.4 is 21.1 Å². The number of carbonyl (C=O) groups excluding carboxylic acids is 1. The summed E-state index contributed by atoms with van der Waals surface area (Å²) in [6.45, 7) is 8.48. The van der Waals surface area contributed by atoms with Gasteiger partial charge in [0.05, 0.1) is 6.54 Å². The number of benzene rings is 2. The first-order valence-corrected chi connectivity index (χ1v) is 10.6. The van der Waals surface area contributed by atoms with Crippen LogP contribution in [0.1, 0.15) is 44.7 Å². The minimum atomic E-state index is -0.495. The van der Waals surface area contributed by atoms with Crippen molar-refractivity contribution < 1.29 is 9.53 Å². The van der Waals surface area contributed by atoms with Crippen molar-refractivity contribution in [3.63, 3.8) is 0 Å². The lowest BCUT2D eigenvalue weighted by molar-refractivity contribution is -0.119. The molecule has 6 nitrogen and oxygen atoms in total. The number of rotatable bonds is 11. The summed E-state index contributed by atoms with van der Waals surface area (Å²) < 4.78 is 5.38. The second-order valence-electron chi connectivity index (χ2n) is 7.30. The number of nitrogens with two attached hydrogens (primary N) is 1. The number of carbonyl (C=O) groups is 1. The Hall–Kier alpha value is -3.02. The summed E-state index contributed by atoms with van der Waals surface area (Å²) in [4.78, 5) is 15.6. The first kappa shape index (κ1) is 23.3. The van der Waals surface area contributed by atoms with Crippen LogP contribution >= 0.6 is 0 Å². The highest BCUT2D eigenvalue weighted by atomic mass is 16.5. The van der Waals surface area contributed by atoms with E-state index in [1.54, 1.807) is 6.07 Å². The Morgan fingerprint density at radius 3 is 2.40 bits per heavy atom. The molecular formula is C24H34N4O2. The van der Waals surface area contributed by atoms with Gasteiger partial charge in [-0.05, 0) is 43.0 Å². The molecule has 2 rings (SSSR count). The van der Waals surface area contributed by atoms with E-state index in [1.165, 1.54) is 5.56 Å². The molecule has 0 saturated carbocycles. The molecule has 0 heterocycles. The Balaban J connectivity index is 2.08. The highest BCUT2D eigenvalue weighted by molar-refractivity contribution is 5.80. The molecule has 0 saturated heterocycles. The molecule has 0 spiro atoms. The molecule has 0 atom stereocenters. The van der Waals surface area contributed by atoms with E-state index in [2.05, 4.69) is 61.7 Å². The van der Waals surface area contributed by atoms with Crippen LogP contribution in [0.3, 0.4) is 0 Å². The lowest BCUT2D eigenvalue weighted by Crippen LogP contribution is -2.45. The normalized spacial score (nSPS) is 11.8. The van der Waals surface area contributed by atoms with Crippen molar-refractivity contribution >= 4 is 11.9 Å². The number of nitrogens with zero attached hydrogens (tertiary/aromatic N) is 1. The van der Waals surface area contributed by atoms with E-state index < -0.39 is 5.91 Å². The Bertz CT molecular complexity index is 817. The van der Waals surface area contributed by atoms with Crippen LogP contribution in [0.2, 0.25) is 0 Å². The van der Waals surface area contributed by atoms with Crippen molar-refractivity contribution in [2.24, 2.45) is 10.7 Å². The summed E-state index contributed by atoms with van der Waals surface area (Å²) >= 11 is 0. The summed E-state index contributed by atoms with van der Waals surface area (Å²) in [6.07, 6.45) is 2.08. The van der Waals surface area contributed by atoms with Gasteiger partial charge in [0.1, 0.15) is 5.75 Å². The standard InChI is InChI=1S/C24H34N4O2/c1-4-24(5-2,20-12-8-7-9-13-20)18-28-23(26-6-3)27-16-19-11-10-14-21(15-19)30-17-22(25)29/h7-15H,4-6,16-18H2,1-3H3,(H2,25,29)(H2,26,27,28). The predicted molar refractivity (Wildman–Crippen MR) is 123 cm³/mol. The number of hydrogen-bond acceptors (Lipinski definition) is 3. The number of aliphatic imine (C=N–C) groups is 1. The first-order chi connectivity index (χ1) is 14.5. The van der Waals surface area contributed by atoms with Gasteiger partial charge in [0.2, 0.25) is 0 Å². The lowest BCUT2D eigenvalue weighted by atomic mass is 9.76. The molecule has 0 fully saturated rings. The summed E-state index contributed by atoms with van der Waals surface area (Å²) in [6, 6.07) is 18.2. The largest absolute Gasteiger partial charge is 0.484 e. The van der Waals surface area contributed by atoms with Crippen molar-refractivity contribution in [2.75, 3.05) is 19.7 Å². The van der Waals surface area contributed by atoms with Crippen LogP contribution in [-0.2, 0) is 16.8 Å². The first-order valence-electron chi connectivity index (χ1n) is 10.6. The van der Waals surface area contributed by atoms with Crippen LogP contribution in [0.5, 0.6) is 5.75 Å². The van der Waals surface area contributed by atoms with E-state index >= 15 is 0 Å². The smallest absolute Gasteiger partial charge is 0.255 e. The van der Waals surface area contributed by atoms with E-state index in [9.17, 15) is 4.79 Å². The van der Waals surface area contributed by atoms with Gasteiger partial charge in [0.15, 0.2) is 12.6 Å². The van der Waals surface area contributed by atoms with Crippen LogP contribution in [0, 0.1) is 0 Å². The molecular weight excluding hydrogens is 376 g/mol. The van der Waals surface area contributed by atoms with Gasteiger partial charge in [0, 0.05) is 18.5 Å². The number of primary amides is 1. The minimum Gasteiger partial charge on any atom is -0.484 e. The van der Waals surface area contributed by atoms with Crippen molar-refractivity contribution in [2.45, 2.75) is 45.6 Å². The predicted octanol–water partition coefficient (Wildman–Crippen LogP) is 3.36. The van der Waals surface area contributed by atoms with E-state index in [0.29, 0.717) is 12.3 Å². The molecule has 0 aliphatic carbocycles. The maximum absolute atomic E-state index is 10.9. The molecule has 0 aliphatic heterocycles. The maximum atomic E-state index is 10.9. The zero-order chi connectivity index (χ0) is 21.8. The SMILES string of the molecule is CCNC(=NCc1cccc(OCC(N)=O)c1)NCC(CC)(CC)c1ccccc1. The highest BCUT2D eigenvalue weighted by Crippen LogP contribution is 2.30. The van der Waals surface area contributed by atoms with Gasteiger partial charge in [-0.3, -0.25) is 4.79 Å². The van der Waals surface area contributed by atoms with Crippen molar-refractivity contribution in [1.82, 2.24) is 10.6 Å². The molecule has 2 aromatic carbocycles. The zero-order valence-electron chi connectivity index (χ0n) is 18.3. The highest BCUT2D eigenvalue weighted by Gasteiger charge is 2.28. The molecule has 2 aromatic rings. The summed E-state index contributed by atoms with van der Waals surface area (Å²) in [5.74, 6) is 0.897. The monoisotopic (exact) mass is 410 g/mol. The van der Waals surface area contributed by atoms with Gasteiger partial charge >= 0.3 is 0 Å². The third-order valence-corrected chi connectivity index (χ3v) is 5.38. The number of amides is 1. The summed E-state index contributed by atoms with van der Waals surface area (Å²) in [7, 11) is 0. The fraction of sp³-hybridized carbons (Fsp3) is 0.417. The number of hydrogen-bond donors (Lipinski definition) is 3. The minimum absolute atomic E-state index is 0.0555. The van der Waals surface area contributed by atoms with Crippen molar-refractivity contribution in [3.8, 4) is 5.75 Å². The van der Waals surface area contributed by atoms with Crippen LogP contribution in [-0.4, -0.2) is 31.6 Å². The molecule has 162 valence electrons. The van der Waals surface area contributed by atoms with Crippen molar-refractivity contribution in [3.05, 3.63) is 65.7 Å². The topological polar surface area (TPSA) is 88.7 Å². The second-order valence-corrected chi connectivity index (χ2v) is 7.30. The third-order valence-electron chi connectivity index (χ3n) is 5.38. The fourth-order valence-corrected chi connectivity index (χ4v) is 3.46. The lowest BCUT2D eigenvalue weighted by Gasteiger charge is -2.33. The molecule has 0 radical (unpaired) electrons. The Labute approximate surface area is 179 Å². The second kappa shape index (κ2) is 11.9. The van der Waals surface area contributed by atoms with Crippen molar-refractivity contribution in [1.29, 1.82) is 0 Å². The molecule has 0 bridgehead atoms. The van der Waals surface area contributed by atoms with Crippen LogP contribution in [0.25, 0.3) is 0 Å². The molecule has 0 aliphatic rings. The van der Waals surface area contributed by atoms with E-state index in [-0.39, 0.29) is 12.0 Å². The molecule has 0 aromatic heterocycles. The van der Waals surface area contributed by atoms with Gasteiger partial charge in [-0.15, -0.1) is 0 Å². The number of ether oxygens (including phenoxy) is 1. The van der Waals surface area contributed by atoms with Gasteiger partial charge in [-0.1, -0.05) is 56.3 Å². The molecule has 4 N–H and O–H groups in total. The van der Waals surface area contributed by atoms with Gasteiger partial charge in [-0.2, -0.15) is 0 Å². The molecule has 1 amide bonds.